The Labute approximate surface area is 120 Å². The van der Waals surface area contributed by atoms with Gasteiger partial charge in [0.15, 0.2) is 0 Å². The average Bonchev–Trinajstić information content (AvgIpc) is 2.49. The maximum Gasteiger partial charge on any atom is 0.254 e. The monoisotopic (exact) mass is 277 g/mol. The molecule has 1 aliphatic rings. The minimum Gasteiger partial charge on any atom is -0.336 e. The van der Waals surface area contributed by atoms with Crippen LogP contribution in [0.1, 0.15) is 49.4 Å². The summed E-state index contributed by atoms with van der Waals surface area (Å²) in [6, 6.07) is 8.44. The molecule has 0 atom stereocenters. The maximum atomic E-state index is 12.6. The Balaban J connectivity index is 2.10. The molecule has 1 amide bonds. The number of benzene rings is 1. The van der Waals surface area contributed by atoms with E-state index in [0.717, 1.165) is 12.1 Å². The van der Waals surface area contributed by atoms with E-state index in [-0.39, 0.29) is 5.91 Å². The Morgan fingerprint density at radius 3 is 2.37 bits per heavy atom. The zero-order chi connectivity index (χ0) is 13.7. The standard InChI is InChI=1S/C16H23NOS/c1-3-17(14-7-5-4-6-8-14)16(18)13-9-11-15(19-2)12-10-13/h9-12,14H,3-8H2,1-2H3. The van der Waals surface area contributed by atoms with Gasteiger partial charge in [-0.3, -0.25) is 4.79 Å². The first-order chi connectivity index (χ1) is 9.26. The fourth-order valence-electron chi connectivity index (χ4n) is 2.86. The van der Waals surface area contributed by atoms with E-state index in [0.29, 0.717) is 6.04 Å². The zero-order valence-corrected chi connectivity index (χ0v) is 12.7. The van der Waals surface area contributed by atoms with Gasteiger partial charge < -0.3 is 4.90 Å². The third-order valence-electron chi connectivity index (χ3n) is 3.95. The van der Waals surface area contributed by atoms with Crippen molar-refractivity contribution in [3.63, 3.8) is 0 Å². The van der Waals surface area contributed by atoms with Gasteiger partial charge in [-0.15, -0.1) is 11.8 Å². The molecular weight excluding hydrogens is 254 g/mol. The van der Waals surface area contributed by atoms with Crippen molar-refractivity contribution >= 4 is 17.7 Å². The Hall–Kier alpha value is -0.960. The molecule has 1 aromatic rings. The predicted molar refractivity (Wildman–Crippen MR) is 81.8 cm³/mol. The van der Waals surface area contributed by atoms with E-state index in [9.17, 15) is 4.79 Å². The van der Waals surface area contributed by atoms with Gasteiger partial charge in [0.05, 0.1) is 0 Å². The van der Waals surface area contributed by atoms with Gasteiger partial charge in [-0.2, -0.15) is 0 Å². The van der Waals surface area contributed by atoms with Crippen LogP contribution >= 0.6 is 11.8 Å². The maximum absolute atomic E-state index is 12.6. The molecule has 2 nitrogen and oxygen atoms in total. The van der Waals surface area contributed by atoms with Crippen LogP contribution < -0.4 is 0 Å². The van der Waals surface area contributed by atoms with Crippen LogP contribution in [0.3, 0.4) is 0 Å². The number of thioether (sulfide) groups is 1. The molecule has 0 radical (unpaired) electrons. The van der Waals surface area contributed by atoms with Gasteiger partial charge in [-0.05, 0) is 50.3 Å². The van der Waals surface area contributed by atoms with Gasteiger partial charge in [0.2, 0.25) is 0 Å². The summed E-state index contributed by atoms with van der Waals surface area (Å²) in [6.45, 7) is 2.90. The number of hydrogen-bond acceptors (Lipinski definition) is 2. The number of hydrogen-bond donors (Lipinski definition) is 0. The summed E-state index contributed by atoms with van der Waals surface area (Å²) in [7, 11) is 0. The lowest BCUT2D eigenvalue weighted by Crippen LogP contribution is -2.41. The highest BCUT2D eigenvalue weighted by atomic mass is 32.2. The van der Waals surface area contributed by atoms with Crippen LogP contribution in [-0.2, 0) is 0 Å². The fourth-order valence-corrected chi connectivity index (χ4v) is 3.27. The molecule has 0 N–H and O–H groups in total. The summed E-state index contributed by atoms with van der Waals surface area (Å²) >= 11 is 1.71. The molecule has 0 aromatic heterocycles. The second kappa shape index (κ2) is 6.99. The molecule has 0 heterocycles. The number of amides is 1. The normalized spacial score (nSPS) is 16.3. The first-order valence-corrected chi connectivity index (χ1v) is 8.43. The zero-order valence-electron chi connectivity index (χ0n) is 11.9. The van der Waals surface area contributed by atoms with Crippen molar-refractivity contribution in [1.82, 2.24) is 4.90 Å². The topological polar surface area (TPSA) is 20.3 Å². The predicted octanol–water partition coefficient (Wildman–Crippen LogP) is 4.20. The number of rotatable bonds is 4. The van der Waals surface area contributed by atoms with Crippen LogP contribution in [0.15, 0.2) is 29.2 Å². The molecule has 0 saturated heterocycles. The second-order valence-electron chi connectivity index (χ2n) is 5.11. The van der Waals surface area contributed by atoms with E-state index >= 15 is 0 Å². The van der Waals surface area contributed by atoms with E-state index in [1.807, 2.05) is 24.3 Å². The molecule has 19 heavy (non-hydrogen) atoms. The molecule has 1 saturated carbocycles. The minimum absolute atomic E-state index is 0.196. The summed E-state index contributed by atoms with van der Waals surface area (Å²) in [5.41, 5.74) is 0.824. The molecule has 3 heteroatoms. The molecule has 1 aliphatic carbocycles. The third kappa shape index (κ3) is 3.53. The molecule has 0 aliphatic heterocycles. The van der Waals surface area contributed by atoms with E-state index in [1.165, 1.54) is 37.0 Å². The highest BCUT2D eigenvalue weighted by molar-refractivity contribution is 7.98. The Morgan fingerprint density at radius 1 is 1.21 bits per heavy atom. The molecular formula is C16H23NOS. The lowest BCUT2D eigenvalue weighted by Gasteiger charge is -2.33. The Bertz CT molecular complexity index is 409. The summed E-state index contributed by atoms with van der Waals surface area (Å²) in [6.07, 6.45) is 8.24. The lowest BCUT2D eigenvalue weighted by atomic mass is 9.93. The molecule has 0 spiro atoms. The summed E-state index contributed by atoms with van der Waals surface area (Å²) in [4.78, 5) is 15.9. The molecule has 104 valence electrons. The van der Waals surface area contributed by atoms with Crippen LogP contribution in [0.4, 0.5) is 0 Å². The third-order valence-corrected chi connectivity index (χ3v) is 4.70. The first kappa shape index (κ1) is 14.4. The largest absolute Gasteiger partial charge is 0.336 e. The van der Waals surface area contributed by atoms with Gasteiger partial charge in [0.1, 0.15) is 0 Å². The Morgan fingerprint density at radius 2 is 1.84 bits per heavy atom. The van der Waals surface area contributed by atoms with Gasteiger partial charge in [0.25, 0.3) is 5.91 Å². The quantitative estimate of drug-likeness (QED) is 0.769. The van der Waals surface area contributed by atoms with Crippen LogP contribution in [0.25, 0.3) is 0 Å². The average molecular weight is 277 g/mol. The molecule has 2 rings (SSSR count). The van der Waals surface area contributed by atoms with Crippen molar-refractivity contribution in [2.75, 3.05) is 12.8 Å². The summed E-state index contributed by atoms with van der Waals surface area (Å²) in [5.74, 6) is 0.196. The highest BCUT2D eigenvalue weighted by Gasteiger charge is 2.24. The van der Waals surface area contributed by atoms with Crippen LogP contribution in [0, 0.1) is 0 Å². The van der Waals surface area contributed by atoms with Gasteiger partial charge in [0, 0.05) is 23.0 Å². The van der Waals surface area contributed by atoms with Gasteiger partial charge in [-0.1, -0.05) is 19.3 Å². The molecule has 0 bridgehead atoms. The number of carbonyl (C=O) groups is 1. The van der Waals surface area contributed by atoms with Crippen molar-refractivity contribution in [3.05, 3.63) is 29.8 Å². The SMILES string of the molecule is CCN(C(=O)c1ccc(SC)cc1)C1CCCCC1. The second-order valence-corrected chi connectivity index (χ2v) is 5.99. The van der Waals surface area contributed by atoms with Crippen molar-refractivity contribution in [3.8, 4) is 0 Å². The van der Waals surface area contributed by atoms with Crippen LogP contribution in [-0.4, -0.2) is 29.6 Å². The van der Waals surface area contributed by atoms with Crippen molar-refractivity contribution < 1.29 is 4.79 Å². The number of nitrogens with zero attached hydrogens (tertiary/aromatic N) is 1. The van der Waals surface area contributed by atoms with Gasteiger partial charge >= 0.3 is 0 Å². The molecule has 0 unspecified atom stereocenters. The van der Waals surface area contributed by atoms with Crippen molar-refractivity contribution in [2.45, 2.75) is 50.0 Å². The van der Waals surface area contributed by atoms with E-state index < -0.39 is 0 Å². The van der Waals surface area contributed by atoms with E-state index in [4.69, 9.17) is 0 Å². The smallest absolute Gasteiger partial charge is 0.254 e. The minimum atomic E-state index is 0.196. The molecule has 1 fully saturated rings. The lowest BCUT2D eigenvalue weighted by molar-refractivity contribution is 0.0648. The Kier molecular flexibility index (Phi) is 5.32. The molecule has 1 aromatic carbocycles. The summed E-state index contributed by atoms with van der Waals surface area (Å²) in [5, 5.41) is 0. The number of carbonyl (C=O) groups excluding carboxylic acids is 1. The van der Waals surface area contributed by atoms with Crippen molar-refractivity contribution in [2.24, 2.45) is 0 Å². The van der Waals surface area contributed by atoms with E-state index in [2.05, 4.69) is 18.1 Å². The summed E-state index contributed by atoms with van der Waals surface area (Å²) < 4.78 is 0. The van der Waals surface area contributed by atoms with Gasteiger partial charge in [-0.25, -0.2) is 0 Å². The highest BCUT2D eigenvalue weighted by Crippen LogP contribution is 2.24. The van der Waals surface area contributed by atoms with Crippen molar-refractivity contribution in [1.29, 1.82) is 0 Å². The first-order valence-electron chi connectivity index (χ1n) is 7.21. The van der Waals surface area contributed by atoms with Crippen LogP contribution in [0.2, 0.25) is 0 Å². The fraction of sp³-hybridized carbons (Fsp3) is 0.562. The van der Waals surface area contributed by atoms with Crippen LogP contribution in [0.5, 0.6) is 0 Å². The van der Waals surface area contributed by atoms with E-state index in [1.54, 1.807) is 11.8 Å².